The van der Waals surface area contributed by atoms with Gasteiger partial charge in [-0.25, -0.2) is 9.78 Å². The minimum absolute atomic E-state index is 0.0294. The van der Waals surface area contributed by atoms with Crippen molar-refractivity contribution in [1.29, 1.82) is 0 Å². The van der Waals surface area contributed by atoms with E-state index in [9.17, 15) is 14.9 Å². The van der Waals surface area contributed by atoms with E-state index in [4.69, 9.17) is 4.74 Å². The van der Waals surface area contributed by atoms with Crippen LogP contribution in [0.15, 0.2) is 12.3 Å². The Morgan fingerprint density at radius 3 is 3.05 bits per heavy atom. The summed E-state index contributed by atoms with van der Waals surface area (Å²) in [5.74, 6) is -0.516. The number of hydrogen-bond acceptors (Lipinski definition) is 7. The Morgan fingerprint density at radius 2 is 2.45 bits per heavy atom. The summed E-state index contributed by atoms with van der Waals surface area (Å²) >= 11 is 0. The normalized spacial score (nSPS) is 18.7. The number of nitrogens with zero attached hydrogens (tertiary/aromatic N) is 2. The third-order valence-electron chi connectivity index (χ3n) is 3.51. The number of methoxy groups -OCH3 is 1. The molecule has 2 atom stereocenters. The van der Waals surface area contributed by atoms with E-state index in [-0.39, 0.29) is 29.2 Å². The van der Waals surface area contributed by atoms with Crippen LogP contribution in [0.1, 0.15) is 36.5 Å². The summed E-state index contributed by atoms with van der Waals surface area (Å²) < 4.78 is 10.1. The summed E-state index contributed by atoms with van der Waals surface area (Å²) in [5.41, 5.74) is -0.200. The van der Waals surface area contributed by atoms with Crippen molar-refractivity contribution in [1.82, 2.24) is 4.98 Å². The van der Waals surface area contributed by atoms with Crippen molar-refractivity contribution in [3.05, 3.63) is 27.9 Å². The highest BCUT2D eigenvalue weighted by molar-refractivity contribution is 5.90. The number of ether oxygens (including phenoxy) is 2. The van der Waals surface area contributed by atoms with E-state index in [0.29, 0.717) is 0 Å². The maximum absolute atomic E-state index is 11.4. The van der Waals surface area contributed by atoms with Crippen LogP contribution in [0.2, 0.25) is 0 Å². The summed E-state index contributed by atoms with van der Waals surface area (Å²) in [6.07, 6.45) is 4.24. The number of esters is 1. The van der Waals surface area contributed by atoms with Gasteiger partial charge in [0.05, 0.1) is 23.7 Å². The largest absolute Gasteiger partial charge is 0.465 e. The van der Waals surface area contributed by atoms with Crippen LogP contribution in [-0.4, -0.2) is 41.7 Å². The van der Waals surface area contributed by atoms with Gasteiger partial charge in [-0.2, -0.15) is 0 Å². The Morgan fingerprint density at radius 1 is 1.68 bits per heavy atom. The van der Waals surface area contributed by atoms with Gasteiger partial charge in [0.1, 0.15) is 0 Å². The zero-order valence-electron chi connectivity index (χ0n) is 12.6. The molecule has 1 aromatic rings. The summed E-state index contributed by atoms with van der Waals surface area (Å²) in [5, 5.41) is 14.2. The minimum atomic E-state index is -0.658. The van der Waals surface area contributed by atoms with Gasteiger partial charge < -0.3 is 14.8 Å². The fourth-order valence-corrected chi connectivity index (χ4v) is 2.45. The predicted octanol–water partition coefficient (Wildman–Crippen LogP) is 2.15. The van der Waals surface area contributed by atoms with E-state index in [2.05, 4.69) is 15.0 Å². The molecule has 1 aromatic heterocycles. The number of aromatic nitrogens is 1. The third kappa shape index (κ3) is 3.91. The highest BCUT2D eigenvalue weighted by Crippen LogP contribution is 2.25. The second-order valence-electron chi connectivity index (χ2n) is 5.26. The molecule has 0 saturated carbocycles. The molecule has 1 aliphatic rings. The highest BCUT2D eigenvalue weighted by atomic mass is 16.6. The molecule has 1 fully saturated rings. The van der Waals surface area contributed by atoms with E-state index in [0.717, 1.165) is 25.9 Å². The molecule has 1 aliphatic heterocycles. The quantitative estimate of drug-likeness (QED) is 0.487. The molecule has 120 valence electrons. The molecule has 8 nitrogen and oxygen atoms in total. The molecular formula is C14H19N3O5. The van der Waals surface area contributed by atoms with Crippen LogP contribution in [0.5, 0.6) is 0 Å². The van der Waals surface area contributed by atoms with Crippen molar-refractivity contribution in [3.8, 4) is 0 Å². The predicted molar refractivity (Wildman–Crippen MR) is 78.9 cm³/mol. The molecule has 0 spiro atoms. The van der Waals surface area contributed by atoms with Crippen molar-refractivity contribution in [2.24, 2.45) is 0 Å². The lowest BCUT2D eigenvalue weighted by atomic mass is 10.1. The van der Waals surface area contributed by atoms with Gasteiger partial charge in [-0.3, -0.25) is 10.1 Å². The fraction of sp³-hybridized carbons (Fsp3) is 0.571. The maximum Gasteiger partial charge on any atom is 0.339 e. The van der Waals surface area contributed by atoms with Crippen LogP contribution in [0.4, 0.5) is 11.5 Å². The summed E-state index contributed by atoms with van der Waals surface area (Å²) in [6.45, 7) is 2.69. The number of carbonyl (C=O) groups is 1. The van der Waals surface area contributed by atoms with E-state index in [1.807, 2.05) is 6.92 Å². The van der Waals surface area contributed by atoms with Gasteiger partial charge in [0.15, 0.2) is 0 Å². The molecule has 1 saturated heterocycles. The molecule has 0 bridgehead atoms. The van der Waals surface area contributed by atoms with Crippen LogP contribution in [0.3, 0.4) is 0 Å². The maximum atomic E-state index is 11.4. The van der Waals surface area contributed by atoms with Crippen molar-refractivity contribution < 1.29 is 19.2 Å². The summed E-state index contributed by atoms with van der Waals surface area (Å²) in [6, 6.07) is 1.14. The SMILES string of the molecule is COC(=O)c1cnc(NC(C)CC2CCCO2)c([N+](=O)[O-])c1. The van der Waals surface area contributed by atoms with Gasteiger partial charge in [-0.15, -0.1) is 0 Å². The number of nitro groups is 1. The van der Waals surface area contributed by atoms with E-state index in [1.165, 1.54) is 19.4 Å². The second kappa shape index (κ2) is 7.17. The average molecular weight is 309 g/mol. The van der Waals surface area contributed by atoms with Crippen molar-refractivity contribution in [3.63, 3.8) is 0 Å². The fourth-order valence-electron chi connectivity index (χ4n) is 2.45. The van der Waals surface area contributed by atoms with Crippen molar-refractivity contribution >= 4 is 17.5 Å². The number of pyridine rings is 1. The first kappa shape index (κ1) is 16.2. The average Bonchev–Trinajstić information content (AvgIpc) is 2.99. The first-order valence-corrected chi connectivity index (χ1v) is 7.12. The second-order valence-corrected chi connectivity index (χ2v) is 5.26. The van der Waals surface area contributed by atoms with Gasteiger partial charge in [0, 0.05) is 24.9 Å². The molecule has 0 amide bonds. The molecular weight excluding hydrogens is 290 g/mol. The van der Waals surface area contributed by atoms with Gasteiger partial charge in [0.25, 0.3) is 0 Å². The van der Waals surface area contributed by atoms with Crippen LogP contribution in [-0.2, 0) is 9.47 Å². The Labute approximate surface area is 128 Å². The number of carbonyl (C=O) groups excluding carboxylic acids is 1. The number of anilines is 1. The van der Waals surface area contributed by atoms with Gasteiger partial charge in [-0.05, 0) is 26.2 Å². The zero-order chi connectivity index (χ0) is 16.1. The topological polar surface area (TPSA) is 104 Å². The number of hydrogen-bond donors (Lipinski definition) is 1. The molecule has 8 heteroatoms. The first-order chi connectivity index (χ1) is 10.5. The van der Waals surface area contributed by atoms with E-state index < -0.39 is 10.9 Å². The molecule has 0 radical (unpaired) electrons. The van der Waals surface area contributed by atoms with E-state index >= 15 is 0 Å². The number of rotatable bonds is 6. The molecule has 1 N–H and O–H groups in total. The smallest absolute Gasteiger partial charge is 0.339 e. The molecule has 2 unspecified atom stereocenters. The molecule has 0 aromatic carbocycles. The van der Waals surface area contributed by atoms with Crippen molar-refractivity contribution in [2.45, 2.75) is 38.3 Å². The van der Waals surface area contributed by atoms with Crippen LogP contribution in [0.25, 0.3) is 0 Å². The summed E-state index contributed by atoms with van der Waals surface area (Å²) in [7, 11) is 1.21. The summed E-state index contributed by atoms with van der Waals surface area (Å²) in [4.78, 5) is 26.0. The molecule has 0 aliphatic carbocycles. The van der Waals surface area contributed by atoms with Crippen molar-refractivity contribution in [2.75, 3.05) is 19.0 Å². The van der Waals surface area contributed by atoms with Crippen LogP contribution in [0, 0.1) is 10.1 Å². The lowest BCUT2D eigenvalue weighted by molar-refractivity contribution is -0.384. The monoisotopic (exact) mass is 309 g/mol. The number of nitrogens with one attached hydrogen (secondary N) is 1. The Bertz CT molecular complexity index is 557. The van der Waals surface area contributed by atoms with Gasteiger partial charge >= 0.3 is 11.7 Å². The lowest BCUT2D eigenvalue weighted by Crippen LogP contribution is -2.23. The Kier molecular flexibility index (Phi) is 5.26. The van der Waals surface area contributed by atoms with Crippen LogP contribution < -0.4 is 5.32 Å². The Balaban J connectivity index is 2.11. The lowest BCUT2D eigenvalue weighted by Gasteiger charge is -2.18. The molecule has 2 heterocycles. The zero-order valence-corrected chi connectivity index (χ0v) is 12.6. The molecule has 2 rings (SSSR count). The molecule has 22 heavy (non-hydrogen) atoms. The first-order valence-electron chi connectivity index (χ1n) is 7.12. The Hall–Kier alpha value is -2.22. The third-order valence-corrected chi connectivity index (χ3v) is 3.51. The highest BCUT2D eigenvalue weighted by Gasteiger charge is 2.23. The van der Waals surface area contributed by atoms with Gasteiger partial charge in [-0.1, -0.05) is 0 Å². The van der Waals surface area contributed by atoms with Crippen LogP contribution >= 0.6 is 0 Å². The van der Waals surface area contributed by atoms with E-state index in [1.54, 1.807) is 0 Å². The standard InChI is InChI=1S/C14H19N3O5/c1-9(6-11-4-3-5-22-11)16-13-12(17(19)20)7-10(8-15-13)14(18)21-2/h7-9,11H,3-6H2,1-2H3,(H,15,16). The van der Waals surface area contributed by atoms with Gasteiger partial charge in [0.2, 0.25) is 5.82 Å². The minimum Gasteiger partial charge on any atom is -0.465 e.